The highest BCUT2D eigenvalue weighted by molar-refractivity contribution is 5.93. The molecule has 3 rings (SSSR count). The van der Waals surface area contributed by atoms with Gasteiger partial charge in [-0.1, -0.05) is 0 Å². The molecule has 5 nitrogen and oxygen atoms in total. The molecule has 1 aliphatic rings. The Bertz CT molecular complexity index is 712. The van der Waals surface area contributed by atoms with E-state index in [2.05, 4.69) is 15.7 Å². The van der Waals surface area contributed by atoms with Gasteiger partial charge in [0, 0.05) is 41.8 Å². The molecule has 0 aliphatic carbocycles. The second kappa shape index (κ2) is 6.23. The molecule has 2 aromatic rings. The van der Waals surface area contributed by atoms with Crippen molar-refractivity contribution in [1.29, 1.82) is 0 Å². The summed E-state index contributed by atoms with van der Waals surface area (Å²) < 4.78 is 2.23. The van der Waals surface area contributed by atoms with Crippen LogP contribution in [0.2, 0.25) is 0 Å². The van der Waals surface area contributed by atoms with Crippen LogP contribution < -0.4 is 5.73 Å². The minimum Gasteiger partial charge on any atom is -0.507 e. The summed E-state index contributed by atoms with van der Waals surface area (Å²) in [6.45, 7) is 4.44. The number of hydrogen-bond acceptors (Lipinski definition) is 3. The lowest BCUT2D eigenvalue weighted by Gasteiger charge is -2.15. The van der Waals surface area contributed by atoms with Gasteiger partial charge in [-0.05, 0) is 50.2 Å². The van der Waals surface area contributed by atoms with Gasteiger partial charge in [-0.2, -0.15) is 0 Å². The molecule has 5 heteroatoms. The first-order chi connectivity index (χ1) is 10.6. The normalized spacial score (nSPS) is 16.5. The number of benzene rings is 1. The van der Waals surface area contributed by atoms with Gasteiger partial charge >= 0.3 is 0 Å². The Labute approximate surface area is 129 Å². The maximum Gasteiger partial charge on any atom is 0.245 e. The van der Waals surface area contributed by atoms with Crippen LogP contribution in [-0.2, 0) is 11.3 Å². The van der Waals surface area contributed by atoms with Crippen LogP contribution in [0.1, 0.15) is 18.4 Å². The number of hydrogen-bond donors (Lipinski definition) is 2. The van der Waals surface area contributed by atoms with Crippen LogP contribution in [0.3, 0.4) is 0 Å². The molecular formula is C17H21N3O2. The molecule has 1 fully saturated rings. The summed E-state index contributed by atoms with van der Waals surface area (Å²) in [6, 6.07) is 7.68. The lowest BCUT2D eigenvalue weighted by molar-refractivity contribution is -0.113. The summed E-state index contributed by atoms with van der Waals surface area (Å²) in [7, 11) is 0. The fourth-order valence-corrected chi connectivity index (χ4v) is 3.03. The first kappa shape index (κ1) is 14.7. The van der Waals surface area contributed by atoms with E-state index in [1.807, 2.05) is 24.3 Å². The third kappa shape index (κ3) is 3.14. The van der Waals surface area contributed by atoms with E-state index < -0.39 is 5.91 Å². The molecular weight excluding hydrogens is 278 g/mol. The highest BCUT2D eigenvalue weighted by atomic mass is 16.3. The SMILES string of the molecule is NC(=O)C=C(O)c1ccc2c(ccn2CCN2CCCC2)c1. The van der Waals surface area contributed by atoms with E-state index in [1.165, 1.54) is 25.9 Å². The van der Waals surface area contributed by atoms with Crippen molar-refractivity contribution in [3.63, 3.8) is 0 Å². The number of nitrogens with two attached hydrogens (primary N) is 1. The second-order valence-electron chi connectivity index (χ2n) is 5.76. The standard InChI is InChI=1S/C17H21N3O2/c18-17(22)12-16(21)14-3-4-15-13(11-14)5-8-20(15)10-9-19-6-1-2-7-19/h3-5,8,11-12,21H,1-2,6-7,9-10H2,(H2,18,22). The lowest BCUT2D eigenvalue weighted by Crippen LogP contribution is -2.23. The van der Waals surface area contributed by atoms with Crippen molar-refractivity contribution in [2.45, 2.75) is 19.4 Å². The number of carbonyl (C=O) groups excluding carboxylic acids is 1. The summed E-state index contributed by atoms with van der Waals surface area (Å²) in [5, 5.41) is 10.9. The van der Waals surface area contributed by atoms with E-state index in [4.69, 9.17) is 5.73 Å². The molecule has 1 saturated heterocycles. The van der Waals surface area contributed by atoms with E-state index in [9.17, 15) is 9.90 Å². The Balaban J connectivity index is 1.78. The number of primary amides is 1. The van der Waals surface area contributed by atoms with Crippen LogP contribution in [0.5, 0.6) is 0 Å². The van der Waals surface area contributed by atoms with Crippen molar-refractivity contribution in [2.24, 2.45) is 5.73 Å². The molecule has 0 radical (unpaired) electrons. The fourth-order valence-electron chi connectivity index (χ4n) is 3.03. The van der Waals surface area contributed by atoms with Gasteiger partial charge in [0.2, 0.25) is 5.91 Å². The van der Waals surface area contributed by atoms with Crippen molar-refractivity contribution in [1.82, 2.24) is 9.47 Å². The van der Waals surface area contributed by atoms with E-state index >= 15 is 0 Å². The van der Waals surface area contributed by atoms with E-state index in [-0.39, 0.29) is 5.76 Å². The van der Waals surface area contributed by atoms with Crippen LogP contribution in [0, 0.1) is 0 Å². The Kier molecular flexibility index (Phi) is 4.15. The van der Waals surface area contributed by atoms with Crippen molar-refractivity contribution in [3.05, 3.63) is 42.1 Å². The zero-order valence-corrected chi connectivity index (χ0v) is 12.5. The molecule has 1 amide bonds. The second-order valence-corrected chi connectivity index (χ2v) is 5.76. The van der Waals surface area contributed by atoms with Gasteiger partial charge in [-0.3, -0.25) is 4.79 Å². The summed E-state index contributed by atoms with van der Waals surface area (Å²) in [5.74, 6) is -0.750. The minimum absolute atomic E-state index is 0.0979. The molecule has 22 heavy (non-hydrogen) atoms. The topological polar surface area (TPSA) is 71.5 Å². The predicted molar refractivity (Wildman–Crippen MR) is 87.4 cm³/mol. The number of carbonyl (C=O) groups is 1. The van der Waals surface area contributed by atoms with Gasteiger partial charge in [-0.25, -0.2) is 0 Å². The van der Waals surface area contributed by atoms with Crippen LogP contribution in [-0.4, -0.2) is 40.1 Å². The van der Waals surface area contributed by atoms with Gasteiger partial charge in [0.25, 0.3) is 0 Å². The largest absolute Gasteiger partial charge is 0.507 e. The van der Waals surface area contributed by atoms with Crippen LogP contribution in [0.15, 0.2) is 36.5 Å². The van der Waals surface area contributed by atoms with Crippen molar-refractivity contribution < 1.29 is 9.90 Å². The monoisotopic (exact) mass is 299 g/mol. The smallest absolute Gasteiger partial charge is 0.245 e. The zero-order valence-electron chi connectivity index (χ0n) is 12.5. The maximum atomic E-state index is 10.8. The van der Waals surface area contributed by atoms with Crippen LogP contribution in [0.25, 0.3) is 16.7 Å². The summed E-state index contributed by atoms with van der Waals surface area (Å²) in [4.78, 5) is 13.3. The molecule has 1 aliphatic heterocycles. The highest BCUT2D eigenvalue weighted by Crippen LogP contribution is 2.21. The maximum absolute atomic E-state index is 10.8. The van der Waals surface area contributed by atoms with Crippen molar-refractivity contribution >= 4 is 22.6 Å². The summed E-state index contributed by atoms with van der Waals surface area (Å²) in [5.41, 5.74) is 6.80. The van der Waals surface area contributed by atoms with Gasteiger partial charge in [0.05, 0.1) is 0 Å². The fraction of sp³-hybridized carbons (Fsp3) is 0.353. The number of aliphatic hydroxyl groups excluding tert-OH is 1. The summed E-state index contributed by atoms with van der Waals surface area (Å²) >= 11 is 0. The Hall–Kier alpha value is -2.27. The average molecular weight is 299 g/mol. The van der Waals surface area contributed by atoms with Crippen molar-refractivity contribution in [3.8, 4) is 0 Å². The van der Waals surface area contributed by atoms with Gasteiger partial charge in [0.15, 0.2) is 0 Å². The molecule has 116 valence electrons. The lowest BCUT2D eigenvalue weighted by atomic mass is 10.1. The van der Waals surface area contributed by atoms with E-state index in [0.717, 1.165) is 30.1 Å². The van der Waals surface area contributed by atoms with Gasteiger partial charge in [-0.15, -0.1) is 0 Å². The van der Waals surface area contributed by atoms with Gasteiger partial charge in [0.1, 0.15) is 5.76 Å². The Morgan fingerprint density at radius 2 is 2.00 bits per heavy atom. The predicted octanol–water partition coefficient (Wildman–Crippen LogP) is 2.12. The number of likely N-dealkylation sites (tertiary alicyclic amines) is 1. The number of amides is 1. The van der Waals surface area contributed by atoms with Crippen LogP contribution in [0.4, 0.5) is 0 Å². The number of aromatic nitrogens is 1. The molecule has 3 N–H and O–H groups in total. The average Bonchev–Trinajstić information content (AvgIpc) is 3.13. The summed E-state index contributed by atoms with van der Waals surface area (Å²) in [6.07, 6.45) is 5.72. The third-order valence-corrected chi connectivity index (χ3v) is 4.20. The third-order valence-electron chi connectivity index (χ3n) is 4.20. The molecule has 1 aromatic heterocycles. The first-order valence-corrected chi connectivity index (χ1v) is 7.65. The zero-order chi connectivity index (χ0) is 15.5. The minimum atomic E-state index is -0.652. The van der Waals surface area contributed by atoms with Crippen LogP contribution >= 0.6 is 0 Å². The number of aliphatic hydroxyl groups is 1. The van der Waals surface area contributed by atoms with Gasteiger partial charge < -0.3 is 20.3 Å². The van der Waals surface area contributed by atoms with E-state index in [1.54, 1.807) is 0 Å². The number of rotatable bonds is 5. The number of fused-ring (bicyclic) bond motifs is 1. The molecule has 0 atom stereocenters. The molecule has 0 spiro atoms. The van der Waals surface area contributed by atoms with Crippen molar-refractivity contribution in [2.75, 3.05) is 19.6 Å². The molecule has 0 saturated carbocycles. The highest BCUT2D eigenvalue weighted by Gasteiger charge is 2.11. The molecule has 0 bridgehead atoms. The Morgan fingerprint density at radius 3 is 2.73 bits per heavy atom. The first-order valence-electron chi connectivity index (χ1n) is 7.65. The molecule has 1 aromatic carbocycles. The van der Waals surface area contributed by atoms with E-state index in [0.29, 0.717) is 5.56 Å². The Morgan fingerprint density at radius 1 is 1.23 bits per heavy atom. The molecule has 0 unspecified atom stereocenters. The quantitative estimate of drug-likeness (QED) is 0.656. The molecule has 2 heterocycles. The number of nitrogens with zero attached hydrogens (tertiary/aromatic N) is 2.